The van der Waals surface area contributed by atoms with Gasteiger partial charge >= 0.3 is 0 Å². The van der Waals surface area contributed by atoms with Gasteiger partial charge < -0.3 is 4.90 Å². The van der Waals surface area contributed by atoms with E-state index in [1.807, 2.05) is 0 Å². The molecule has 0 aliphatic carbocycles. The normalized spacial score (nSPS) is 34.1. The molecule has 0 atom stereocenters. The zero-order valence-corrected chi connectivity index (χ0v) is 7.41. The van der Waals surface area contributed by atoms with E-state index in [0.29, 0.717) is 0 Å². The van der Waals surface area contributed by atoms with Gasteiger partial charge in [0.05, 0.1) is 0 Å². The Morgan fingerprint density at radius 3 is 2.40 bits per heavy atom. The molecule has 0 aromatic rings. The zero-order valence-electron chi connectivity index (χ0n) is 6.60. The quantitative estimate of drug-likeness (QED) is 0.568. The molecule has 2 aliphatic heterocycles. The predicted molar refractivity (Wildman–Crippen MR) is 47.4 cm³/mol. The molecule has 2 fully saturated rings. The Morgan fingerprint density at radius 2 is 2.00 bits per heavy atom. The summed E-state index contributed by atoms with van der Waals surface area (Å²) in [5.41, 5.74) is 0. The van der Waals surface area contributed by atoms with Gasteiger partial charge in [0.2, 0.25) is 0 Å². The summed E-state index contributed by atoms with van der Waals surface area (Å²) < 4.78 is 3.55. The van der Waals surface area contributed by atoms with Gasteiger partial charge in [-0.2, -0.15) is 10.2 Å². The van der Waals surface area contributed by atoms with Crippen LogP contribution in [0.5, 0.6) is 0 Å². The maximum Gasteiger partial charge on any atom is 0.0460 e. The first-order valence-electron chi connectivity index (χ1n) is 4.08. The van der Waals surface area contributed by atoms with Crippen LogP contribution in [0.15, 0.2) is 0 Å². The number of nitrogens with zero attached hydrogens (tertiary/aromatic N) is 1. The fourth-order valence-electron chi connectivity index (χ4n) is 1.51. The molecule has 0 amide bonds. The van der Waals surface area contributed by atoms with Crippen molar-refractivity contribution in [3.05, 3.63) is 0 Å². The van der Waals surface area contributed by atoms with Gasteiger partial charge in [-0.25, -0.2) is 0 Å². The van der Waals surface area contributed by atoms with Crippen molar-refractivity contribution in [2.24, 2.45) is 0 Å². The molecule has 2 heterocycles. The smallest absolute Gasteiger partial charge is 0.0460 e. The first-order chi connectivity index (χ1) is 4.85. The average Bonchev–Trinajstić information content (AvgIpc) is 2.72. The topological polar surface area (TPSA) is 25.2 Å². The summed E-state index contributed by atoms with van der Waals surface area (Å²) in [4.78, 5) is 2.55. The summed E-state index contributed by atoms with van der Waals surface area (Å²) >= 11 is 0. The van der Waals surface area contributed by atoms with Crippen LogP contribution in [0.25, 0.3) is 0 Å². The van der Waals surface area contributed by atoms with Crippen molar-refractivity contribution < 1.29 is 0 Å². The minimum Gasteiger partial charge on any atom is -0.302 e. The van der Waals surface area contributed by atoms with E-state index in [1.165, 1.54) is 37.0 Å². The number of rotatable bonds is 1. The van der Waals surface area contributed by atoms with Gasteiger partial charge in [-0.05, 0) is 6.54 Å². The maximum atomic E-state index is 3.55. The molecular weight excluding hydrogens is 144 g/mol. The van der Waals surface area contributed by atoms with Crippen molar-refractivity contribution in [1.29, 1.82) is 0 Å². The van der Waals surface area contributed by atoms with E-state index in [1.54, 1.807) is 0 Å². The van der Waals surface area contributed by atoms with Crippen molar-refractivity contribution >= 4 is 10.2 Å². The van der Waals surface area contributed by atoms with Crippen LogP contribution in [0.1, 0.15) is 6.92 Å². The molecule has 0 saturated carbocycles. The minimum atomic E-state index is -0.167. The van der Waals surface area contributed by atoms with E-state index >= 15 is 0 Å². The van der Waals surface area contributed by atoms with Gasteiger partial charge in [0, 0.05) is 30.5 Å². The molecule has 2 aliphatic rings. The van der Waals surface area contributed by atoms with E-state index in [2.05, 4.69) is 16.5 Å². The molecule has 0 radical (unpaired) electrons. The highest BCUT2D eigenvalue weighted by Gasteiger charge is 2.38. The van der Waals surface area contributed by atoms with Crippen LogP contribution in [0, 0.1) is 0 Å². The number of nitrogens with one attached hydrogen (secondary N) is 1. The van der Waals surface area contributed by atoms with Crippen LogP contribution in [0.4, 0.5) is 0 Å². The summed E-state index contributed by atoms with van der Waals surface area (Å²) in [6.07, 6.45) is 0. The molecular formula is C7H16N2S. The molecule has 60 valence electrons. The highest BCUT2D eigenvalue weighted by molar-refractivity contribution is 8.37. The van der Waals surface area contributed by atoms with Gasteiger partial charge in [-0.15, -0.1) is 0 Å². The monoisotopic (exact) mass is 160 g/mol. The molecule has 1 spiro atoms. The molecule has 1 N–H and O–H groups in total. The van der Waals surface area contributed by atoms with E-state index < -0.39 is 0 Å². The Hall–Kier alpha value is 0.270. The Morgan fingerprint density at radius 1 is 1.40 bits per heavy atom. The third-order valence-electron chi connectivity index (χ3n) is 2.60. The summed E-state index contributed by atoms with van der Waals surface area (Å²) in [7, 11) is -0.167. The van der Waals surface area contributed by atoms with Crippen LogP contribution in [-0.2, 0) is 0 Å². The Balaban J connectivity index is 1.84. The van der Waals surface area contributed by atoms with E-state index in [4.69, 9.17) is 0 Å². The minimum absolute atomic E-state index is 0.167. The first kappa shape index (κ1) is 6.95. The fourth-order valence-corrected chi connectivity index (χ4v) is 4.17. The second-order valence-electron chi connectivity index (χ2n) is 3.18. The zero-order chi connectivity index (χ0) is 7.03. The average molecular weight is 160 g/mol. The van der Waals surface area contributed by atoms with Crippen molar-refractivity contribution in [2.45, 2.75) is 6.92 Å². The highest BCUT2D eigenvalue weighted by Crippen LogP contribution is 2.55. The maximum absolute atomic E-state index is 3.55. The van der Waals surface area contributed by atoms with Crippen LogP contribution in [-0.4, -0.2) is 41.9 Å². The summed E-state index contributed by atoms with van der Waals surface area (Å²) in [6.45, 7) is 6.20. The third kappa shape index (κ3) is 1.18. The molecule has 2 rings (SSSR count). The molecule has 2 saturated heterocycles. The molecule has 0 aromatic heterocycles. The third-order valence-corrected chi connectivity index (χ3v) is 5.63. The lowest BCUT2D eigenvalue weighted by Crippen LogP contribution is -2.35. The largest absolute Gasteiger partial charge is 0.302 e. The first-order valence-corrected chi connectivity index (χ1v) is 6.22. The molecule has 0 unspecified atom stereocenters. The van der Waals surface area contributed by atoms with Gasteiger partial charge in [0.1, 0.15) is 0 Å². The Kier molecular flexibility index (Phi) is 1.66. The lowest BCUT2D eigenvalue weighted by Gasteiger charge is -2.32. The summed E-state index contributed by atoms with van der Waals surface area (Å²) in [6, 6.07) is 0. The van der Waals surface area contributed by atoms with Crippen molar-refractivity contribution in [2.75, 3.05) is 37.0 Å². The number of hydrogen-bond donors (Lipinski definition) is 1. The van der Waals surface area contributed by atoms with Crippen molar-refractivity contribution in [1.82, 2.24) is 9.62 Å². The molecule has 3 heteroatoms. The van der Waals surface area contributed by atoms with Gasteiger partial charge in [-0.1, -0.05) is 6.92 Å². The van der Waals surface area contributed by atoms with Crippen LogP contribution in [0.3, 0.4) is 0 Å². The number of hydrogen-bond acceptors (Lipinski definition) is 2. The molecule has 2 nitrogen and oxygen atoms in total. The highest BCUT2D eigenvalue weighted by atomic mass is 32.3. The summed E-state index contributed by atoms with van der Waals surface area (Å²) in [5.74, 6) is 4.28. The van der Waals surface area contributed by atoms with E-state index in [0.717, 1.165) is 0 Å². The lowest BCUT2D eigenvalue weighted by atomic mass is 10.5. The van der Waals surface area contributed by atoms with Crippen molar-refractivity contribution in [3.8, 4) is 0 Å². The van der Waals surface area contributed by atoms with Crippen LogP contribution in [0.2, 0.25) is 0 Å². The Bertz CT molecular complexity index is 124. The lowest BCUT2D eigenvalue weighted by molar-refractivity contribution is 0.318. The van der Waals surface area contributed by atoms with E-state index in [9.17, 15) is 0 Å². The molecule has 0 bridgehead atoms. The van der Waals surface area contributed by atoms with Gasteiger partial charge in [0.15, 0.2) is 0 Å². The second kappa shape index (κ2) is 2.40. The summed E-state index contributed by atoms with van der Waals surface area (Å²) in [5, 5.41) is 0. The van der Waals surface area contributed by atoms with Gasteiger partial charge in [-0.3, -0.25) is 4.72 Å². The molecule has 10 heavy (non-hydrogen) atoms. The van der Waals surface area contributed by atoms with Crippen molar-refractivity contribution in [3.63, 3.8) is 0 Å². The SMILES string of the molecule is CCN1CCS2(CC1)CN2. The van der Waals surface area contributed by atoms with E-state index in [-0.39, 0.29) is 10.2 Å². The van der Waals surface area contributed by atoms with Crippen LogP contribution < -0.4 is 4.72 Å². The van der Waals surface area contributed by atoms with Crippen LogP contribution >= 0.6 is 10.2 Å². The fraction of sp³-hybridized carbons (Fsp3) is 1.00. The molecule has 0 aromatic carbocycles. The Labute approximate surface area is 64.4 Å². The standard InChI is InChI=1S/C7H16N2S/c1-2-9-3-5-10(6-4-9)7-8-10/h8H,2-7H2,1H3. The second-order valence-corrected chi connectivity index (χ2v) is 6.66. The van der Waals surface area contributed by atoms with Gasteiger partial charge in [0.25, 0.3) is 0 Å². The predicted octanol–water partition coefficient (Wildman–Crippen LogP) is 0.602.